The molecular formula is C15H24N4O4S. The molecule has 0 aromatic carbocycles. The lowest BCUT2D eigenvalue weighted by Gasteiger charge is -2.37. The summed E-state index contributed by atoms with van der Waals surface area (Å²) in [4.78, 5) is 20.9. The van der Waals surface area contributed by atoms with Gasteiger partial charge in [0, 0.05) is 32.6 Å². The van der Waals surface area contributed by atoms with Gasteiger partial charge in [-0.3, -0.25) is 9.69 Å². The van der Waals surface area contributed by atoms with Crippen molar-refractivity contribution < 1.29 is 17.7 Å². The quantitative estimate of drug-likeness (QED) is 0.764. The molecule has 1 aromatic heterocycles. The van der Waals surface area contributed by atoms with Crippen molar-refractivity contribution in [2.24, 2.45) is 5.92 Å². The molecule has 24 heavy (non-hydrogen) atoms. The molecule has 0 bridgehead atoms. The maximum absolute atomic E-state index is 12.5. The molecule has 2 atom stereocenters. The zero-order valence-electron chi connectivity index (χ0n) is 14.1. The fraction of sp³-hybridized carbons (Fsp3) is 0.800. The number of aryl methyl sites for hydroxylation is 1. The lowest BCUT2D eigenvalue weighted by Crippen LogP contribution is -2.51. The van der Waals surface area contributed by atoms with Crippen molar-refractivity contribution in [1.82, 2.24) is 19.9 Å². The third-order valence-corrected chi connectivity index (χ3v) is 6.68. The SMILES string of the molecule is CCc1noc([C@@H](C)N2CCN(C(=O)[C@@H]3CCS(=O)(=O)C3)CC2)n1. The molecule has 3 rings (SSSR count). The van der Waals surface area contributed by atoms with Crippen LogP contribution >= 0.6 is 0 Å². The Morgan fingerprint density at radius 1 is 1.33 bits per heavy atom. The molecule has 0 N–H and O–H groups in total. The fourth-order valence-corrected chi connectivity index (χ4v) is 5.05. The van der Waals surface area contributed by atoms with Crippen LogP contribution in [0.4, 0.5) is 0 Å². The van der Waals surface area contributed by atoms with Crippen molar-refractivity contribution in [3.63, 3.8) is 0 Å². The number of carbonyl (C=O) groups is 1. The van der Waals surface area contributed by atoms with Gasteiger partial charge in [-0.25, -0.2) is 8.42 Å². The van der Waals surface area contributed by atoms with Crippen molar-refractivity contribution in [3.05, 3.63) is 11.7 Å². The van der Waals surface area contributed by atoms with Crippen molar-refractivity contribution >= 4 is 15.7 Å². The molecule has 0 saturated carbocycles. The van der Waals surface area contributed by atoms with Crippen LogP contribution in [0.2, 0.25) is 0 Å². The predicted molar refractivity (Wildman–Crippen MR) is 87.0 cm³/mol. The summed E-state index contributed by atoms with van der Waals surface area (Å²) in [6, 6.07) is 0.0157. The number of aromatic nitrogens is 2. The van der Waals surface area contributed by atoms with Crippen LogP contribution in [0.5, 0.6) is 0 Å². The van der Waals surface area contributed by atoms with Crippen LogP contribution in [0.25, 0.3) is 0 Å². The standard InChI is InChI=1S/C15H24N4O4S/c1-3-13-16-14(23-17-13)11(2)18-5-7-19(8-6-18)15(20)12-4-9-24(21,22)10-12/h11-12H,3-10H2,1-2H3/t11-,12-/m1/s1. The van der Waals surface area contributed by atoms with Gasteiger partial charge in [0.2, 0.25) is 11.8 Å². The summed E-state index contributed by atoms with van der Waals surface area (Å²) in [7, 11) is -3.03. The maximum atomic E-state index is 12.5. The average Bonchev–Trinajstić information content (AvgIpc) is 3.20. The summed E-state index contributed by atoms with van der Waals surface area (Å²) in [6.45, 7) is 6.65. The molecule has 9 heteroatoms. The third kappa shape index (κ3) is 3.61. The Kier molecular flexibility index (Phi) is 4.91. The van der Waals surface area contributed by atoms with E-state index in [1.807, 2.05) is 13.8 Å². The first kappa shape index (κ1) is 17.3. The highest BCUT2D eigenvalue weighted by Crippen LogP contribution is 2.24. The second-order valence-corrected chi connectivity index (χ2v) is 8.77. The van der Waals surface area contributed by atoms with E-state index < -0.39 is 9.84 Å². The molecule has 8 nitrogen and oxygen atoms in total. The molecule has 2 aliphatic rings. The summed E-state index contributed by atoms with van der Waals surface area (Å²) in [6.07, 6.45) is 1.20. The summed E-state index contributed by atoms with van der Waals surface area (Å²) in [5, 5.41) is 3.93. The van der Waals surface area contributed by atoms with Crippen LogP contribution in [-0.4, -0.2) is 72.0 Å². The second-order valence-electron chi connectivity index (χ2n) is 6.54. The minimum atomic E-state index is -3.03. The zero-order chi connectivity index (χ0) is 17.3. The minimum Gasteiger partial charge on any atom is -0.340 e. The number of sulfone groups is 1. The van der Waals surface area contributed by atoms with Crippen molar-refractivity contribution in [2.75, 3.05) is 37.7 Å². The summed E-state index contributed by atoms with van der Waals surface area (Å²) < 4.78 is 28.4. The van der Waals surface area contributed by atoms with E-state index in [1.54, 1.807) is 4.90 Å². The lowest BCUT2D eigenvalue weighted by atomic mass is 10.1. The summed E-state index contributed by atoms with van der Waals surface area (Å²) in [5.74, 6) is 1.07. The lowest BCUT2D eigenvalue weighted by molar-refractivity contribution is -0.136. The first-order valence-corrected chi connectivity index (χ1v) is 10.3. The van der Waals surface area contributed by atoms with E-state index in [4.69, 9.17) is 4.52 Å². The van der Waals surface area contributed by atoms with Gasteiger partial charge in [0.1, 0.15) is 0 Å². The van der Waals surface area contributed by atoms with E-state index in [9.17, 15) is 13.2 Å². The highest BCUT2D eigenvalue weighted by molar-refractivity contribution is 7.91. The number of rotatable bonds is 4. The molecule has 0 aliphatic carbocycles. The molecule has 3 heterocycles. The Labute approximate surface area is 142 Å². The number of piperazine rings is 1. The third-order valence-electron chi connectivity index (χ3n) is 4.91. The van der Waals surface area contributed by atoms with E-state index in [1.165, 1.54) is 0 Å². The molecule has 0 unspecified atom stereocenters. The fourth-order valence-electron chi connectivity index (χ4n) is 3.31. The van der Waals surface area contributed by atoms with E-state index in [0.29, 0.717) is 31.2 Å². The molecule has 0 spiro atoms. The van der Waals surface area contributed by atoms with Crippen LogP contribution in [0.15, 0.2) is 4.52 Å². The Hall–Kier alpha value is -1.48. The van der Waals surface area contributed by atoms with Crippen molar-refractivity contribution in [2.45, 2.75) is 32.7 Å². The van der Waals surface area contributed by atoms with Crippen LogP contribution in [-0.2, 0) is 21.1 Å². The van der Waals surface area contributed by atoms with Crippen molar-refractivity contribution in [3.8, 4) is 0 Å². The van der Waals surface area contributed by atoms with Gasteiger partial charge in [-0.2, -0.15) is 4.98 Å². The van der Waals surface area contributed by atoms with Crippen LogP contribution in [0.1, 0.15) is 38.0 Å². The van der Waals surface area contributed by atoms with Gasteiger partial charge >= 0.3 is 0 Å². The van der Waals surface area contributed by atoms with Gasteiger partial charge in [-0.15, -0.1) is 0 Å². The predicted octanol–water partition coefficient (Wildman–Crippen LogP) is 0.272. The second kappa shape index (κ2) is 6.79. The Morgan fingerprint density at radius 2 is 2.04 bits per heavy atom. The number of amides is 1. The van der Waals surface area contributed by atoms with Gasteiger partial charge in [-0.1, -0.05) is 12.1 Å². The smallest absolute Gasteiger partial charge is 0.243 e. The first-order chi connectivity index (χ1) is 11.4. The molecule has 2 fully saturated rings. The number of hydrogen-bond donors (Lipinski definition) is 0. The van der Waals surface area contributed by atoms with Gasteiger partial charge in [-0.05, 0) is 13.3 Å². The minimum absolute atomic E-state index is 0.00420. The van der Waals surface area contributed by atoms with Crippen LogP contribution < -0.4 is 0 Å². The van der Waals surface area contributed by atoms with E-state index in [0.717, 1.165) is 19.5 Å². The van der Waals surface area contributed by atoms with Crippen LogP contribution in [0, 0.1) is 5.92 Å². The summed E-state index contributed by atoms with van der Waals surface area (Å²) in [5.41, 5.74) is 0. The monoisotopic (exact) mass is 356 g/mol. The van der Waals surface area contributed by atoms with Gasteiger partial charge in [0.25, 0.3) is 0 Å². The Balaban J connectivity index is 1.54. The van der Waals surface area contributed by atoms with E-state index in [2.05, 4.69) is 15.0 Å². The van der Waals surface area contributed by atoms with Gasteiger partial charge in [0.15, 0.2) is 15.7 Å². The topological polar surface area (TPSA) is 96.6 Å². The Bertz CT molecular complexity index is 694. The molecule has 1 aromatic rings. The van der Waals surface area contributed by atoms with Gasteiger partial charge in [0.05, 0.1) is 23.5 Å². The normalized spacial score (nSPS) is 25.8. The van der Waals surface area contributed by atoms with E-state index >= 15 is 0 Å². The highest BCUT2D eigenvalue weighted by Gasteiger charge is 2.37. The maximum Gasteiger partial charge on any atom is 0.243 e. The number of nitrogens with zero attached hydrogens (tertiary/aromatic N) is 4. The highest BCUT2D eigenvalue weighted by atomic mass is 32.2. The molecule has 2 saturated heterocycles. The molecule has 134 valence electrons. The summed E-state index contributed by atoms with van der Waals surface area (Å²) >= 11 is 0. The number of hydrogen-bond acceptors (Lipinski definition) is 7. The van der Waals surface area contributed by atoms with E-state index in [-0.39, 0.29) is 29.4 Å². The molecule has 1 amide bonds. The molecule has 2 aliphatic heterocycles. The Morgan fingerprint density at radius 3 is 2.58 bits per heavy atom. The first-order valence-electron chi connectivity index (χ1n) is 8.45. The van der Waals surface area contributed by atoms with Gasteiger partial charge < -0.3 is 9.42 Å². The average molecular weight is 356 g/mol. The molecular weight excluding hydrogens is 332 g/mol. The zero-order valence-corrected chi connectivity index (χ0v) is 15.0. The van der Waals surface area contributed by atoms with Crippen molar-refractivity contribution in [1.29, 1.82) is 0 Å². The van der Waals surface area contributed by atoms with Crippen LogP contribution in [0.3, 0.4) is 0 Å². The number of carbonyl (C=O) groups excluding carboxylic acids is 1. The molecule has 0 radical (unpaired) electrons. The largest absolute Gasteiger partial charge is 0.340 e.